The second kappa shape index (κ2) is 10.8. The van der Waals surface area contributed by atoms with Crippen LogP contribution in [0, 0.1) is 5.92 Å². The molecule has 2 aliphatic heterocycles. The van der Waals surface area contributed by atoms with Crippen LogP contribution >= 0.6 is 11.8 Å². The van der Waals surface area contributed by atoms with Gasteiger partial charge >= 0.3 is 12.4 Å². The highest BCUT2D eigenvalue weighted by Crippen LogP contribution is 2.37. The zero-order valence-electron chi connectivity index (χ0n) is 21.0. The highest BCUT2D eigenvalue weighted by molar-refractivity contribution is 8.04. The molecular formula is C27H24F6N4O2S. The van der Waals surface area contributed by atoms with Gasteiger partial charge in [0.05, 0.1) is 32.9 Å². The third kappa shape index (κ3) is 5.98. The maximum Gasteiger partial charge on any atom is 0.416 e. The summed E-state index contributed by atoms with van der Waals surface area (Å²) in [5, 5.41) is 3.83. The number of hydrogen-bond acceptors (Lipinski definition) is 4. The van der Waals surface area contributed by atoms with Gasteiger partial charge in [-0.2, -0.15) is 26.3 Å². The van der Waals surface area contributed by atoms with Crippen molar-refractivity contribution in [3.05, 3.63) is 69.9 Å². The fourth-order valence-electron chi connectivity index (χ4n) is 4.96. The first-order valence-electron chi connectivity index (χ1n) is 12.6. The van der Waals surface area contributed by atoms with E-state index in [-0.39, 0.29) is 31.0 Å². The lowest BCUT2D eigenvalue weighted by Gasteiger charge is -2.32. The number of aromatic nitrogens is 2. The molecule has 1 saturated heterocycles. The summed E-state index contributed by atoms with van der Waals surface area (Å²) in [6.07, 6.45) is -3.92. The molecule has 0 bridgehead atoms. The molecule has 13 heteroatoms. The number of carbonyl (C=O) groups excluding carboxylic acids is 2. The van der Waals surface area contributed by atoms with E-state index in [2.05, 4.69) is 10.3 Å². The lowest BCUT2D eigenvalue weighted by molar-refractivity contribution is -0.143. The number of carbonyl (C=O) groups is 2. The number of nitrogens with zero attached hydrogens (tertiary/aromatic N) is 3. The Morgan fingerprint density at radius 2 is 1.68 bits per heavy atom. The molecule has 2 amide bonds. The summed E-state index contributed by atoms with van der Waals surface area (Å²) in [5.41, 5.74) is -2.00. The zero-order chi connectivity index (χ0) is 28.7. The van der Waals surface area contributed by atoms with Gasteiger partial charge in [0.1, 0.15) is 5.65 Å². The van der Waals surface area contributed by atoms with Crippen LogP contribution in [0.15, 0.2) is 52.5 Å². The lowest BCUT2D eigenvalue weighted by atomic mass is 9.91. The van der Waals surface area contributed by atoms with Gasteiger partial charge in [0, 0.05) is 25.2 Å². The number of hydrogen-bond donors (Lipinski definition) is 1. The third-order valence-corrected chi connectivity index (χ3v) is 8.10. The Labute approximate surface area is 229 Å². The first kappa shape index (κ1) is 28.1. The molecule has 0 aliphatic carbocycles. The predicted molar refractivity (Wildman–Crippen MR) is 136 cm³/mol. The van der Waals surface area contributed by atoms with Crippen molar-refractivity contribution in [2.75, 3.05) is 19.6 Å². The summed E-state index contributed by atoms with van der Waals surface area (Å²) < 4.78 is 80.9. The number of halogens is 6. The van der Waals surface area contributed by atoms with Crippen molar-refractivity contribution in [3.63, 3.8) is 0 Å². The molecule has 2 aromatic heterocycles. The van der Waals surface area contributed by atoms with E-state index in [0.717, 1.165) is 22.8 Å². The van der Waals surface area contributed by atoms with Gasteiger partial charge in [0.15, 0.2) is 0 Å². The molecule has 3 aromatic rings. The molecule has 1 fully saturated rings. The molecule has 1 N–H and O–H groups in total. The second-order valence-electron chi connectivity index (χ2n) is 9.78. The van der Waals surface area contributed by atoms with Crippen LogP contribution in [0.4, 0.5) is 26.3 Å². The van der Waals surface area contributed by atoms with E-state index in [1.54, 1.807) is 12.3 Å². The Balaban J connectivity index is 1.10. The number of likely N-dealkylation sites (tertiary alicyclic amines) is 1. The van der Waals surface area contributed by atoms with Crippen LogP contribution in [0.25, 0.3) is 11.7 Å². The molecule has 4 heterocycles. The smallest absolute Gasteiger partial charge is 0.352 e. The van der Waals surface area contributed by atoms with Crippen LogP contribution in [0.1, 0.15) is 52.9 Å². The largest absolute Gasteiger partial charge is 0.416 e. The van der Waals surface area contributed by atoms with Crippen molar-refractivity contribution in [1.29, 1.82) is 0 Å². The molecule has 0 spiro atoms. The molecule has 0 saturated carbocycles. The average Bonchev–Trinajstić information content (AvgIpc) is 3.34. The van der Waals surface area contributed by atoms with E-state index in [0.29, 0.717) is 42.8 Å². The molecule has 0 radical (unpaired) electrons. The summed E-state index contributed by atoms with van der Waals surface area (Å²) in [6, 6.07) is 6.65. The molecule has 0 unspecified atom stereocenters. The van der Waals surface area contributed by atoms with E-state index in [1.165, 1.54) is 16.7 Å². The highest BCUT2D eigenvalue weighted by atomic mass is 32.2. The Kier molecular flexibility index (Phi) is 7.60. The Bertz CT molecular complexity index is 1440. The Hall–Kier alpha value is -3.48. The molecule has 40 heavy (non-hydrogen) atoms. The number of rotatable bonds is 6. The predicted octanol–water partition coefficient (Wildman–Crippen LogP) is 6.27. The monoisotopic (exact) mass is 582 g/mol. The number of benzene rings is 1. The quantitative estimate of drug-likeness (QED) is 0.275. The standard InChI is InChI=1S/C27H24F6N4O2S/c28-26(29,30)18-11-17(12-19(13-18)27(31,32)33)25(39)36-9-6-16(7-10-36)3-2-8-34-24(38)21-14-20-15-35-22-4-1-5-23(40-21)37(20)22/h1,4-5,11-16H,2-3,6-10H2,(H,34,38). The van der Waals surface area contributed by atoms with Gasteiger partial charge in [0.2, 0.25) is 0 Å². The van der Waals surface area contributed by atoms with Gasteiger partial charge in [-0.05, 0) is 68.0 Å². The number of piperidine rings is 1. The highest BCUT2D eigenvalue weighted by Gasteiger charge is 2.38. The SMILES string of the molecule is O=C(NCCCC1CCN(C(=O)c2cc(C(F)(F)F)cc(C(F)(F)F)c2)CC1)C1=Cc2cnc3cccc(n23)S1. The Morgan fingerprint density at radius 1 is 1.00 bits per heavy atom. The summed E-state index contributed by atoms with van der Waals surface area (Å²) in [4.78, 5) is 31.7. The van der Waals surface area contributed by atoms with Crippen LogP contribution in [0.5, 0.6) is 0 Å². The minimum atomic E-state index is -5.01. The minimum Gasteiger partial charge on any atom is -0.352 e. The third-order valence-electron chi connectivity index (χ3n) is 7.05. The second-order valence-corrected chi connectivity index (χ2v) is 10.8. The number of alkyl halides is 6. The molecule has 0 atom stereocenters. The summed E-state index contributed by atoms with van der Waals surface area (Å²) in [7, 11) is 0. The molecule has 212 valence electrons. The van der Waals surface area contributed by atoms with Crippen LogP contribution in [-0.4, -0.2) is 45.7 Å². The van der Waals surface area contributed by atoms with Gasteiger partial charge in [-0.1, -0.05) is 17.8 Å². The van der Waals surface area contributed by atoms with Gasteiger partial charge in [-0.25, -0.2) is 4.98 Å². The minimum absolute atomic E-state index is 0.0146. The van der Waals surface area contributed by atoms with Crippen LogP contribution in [0.2, 0.25) is 0 Å². The fourth-order valence-corrected chi connectivity index (χ4v) is 5.97. The van der Waals surface area contributed by atoms with Crippen molar-refractivity contribution in [3.8, 4) is 0 Å². The summed E-state index contributed by atoms with van der Waals surface area (Å²) in [6.45, 7) is 0.913. The van der Waals surface area contributed by atoms with Crippen molar-refractivity contribution in [1.82, 2.24) is 19.6 Å². The van der Waals surface area contributed by atoms with Crippen LogP contribution < -0.4 is 5.32 Å². The summed E-state index contributed by atoms with van der Waals surface area (Å²) >= 11 is 1.36. The van der Waals surface area contributed by atoms with Crippen LogP contribution in [-0.2, 0) is 17.1 Å². The van der Waals surface area contributed by atoms with E-state index in [1.807, 2.05) is 22.6 Å². The van der Waals surface area contributed by atoms with Gasteiger partial charge in [0.25, 0.3) is 11.8 Å². The molecule has 5 rings (SSSR count). The number of imidazole rings is 1. The number of amides is 2. The first-order chi connectivity index (χ1) is 18.9. The normalized spacial score (nSPS) is 16.2. The van der Waals surface area contributed by atoms with Gasteiger partial charge < -0.3 is 10.2 Å². The van der Waals surface area contributed by atoms with E-state index >= 15 is 0 Å². The fraction of sp³-hybridized carbons (Fsp3) is 0.370. The number of pyridine rings is 1. The van der Waals surface area contributed by atoms with Crippen LogP contribution in [0.3, 0.4) is 0 Å². The number of thioether (sulfide) groups is 1. The molecule has 1 aromatic carbocycles. The summed E-state index contributed by atoms with van der Waals surface area (Å²) in [5.74, 6) is -0.810. The van der Waals surface area contributed by atoms with Gasteiger partial charge in [-0.15, -0.1) is 0 Å². The molecule has 2 aliphatic rings. The zero-order valence-corrected chi connectivity index (χ0v) is 21.8. The molecule has 6 nitrogen and oxygen atoms in total. The van der Waals surface area contributed by atoms with Crippen molar-refractivity contribution in [2.24, 2.45) is 5.92 Å². The number of nitrogens with one attached hydrogen (secondary N) is 1. The van der Waals surface area contributed by atoms with E-state index in [4.69, 9.17) is 0 Å². The van der Waals surface area contributed by atoms with Crippen molar-refractivity contribution in [2.45, 2.75) is 43.1 Å². The lowest BCUT2D eigenvalue weighted by Crippen LogP contribution is -2.39. The Morgan fingerprint density at radius 3 is 2.33 bits per heavy atom. The maximum atomic E-state index is 13.2. The topological polar surface area (TPSA) is 66.7 Å². The molecular weight excluding hydrogens is 558 g/mol. The average molecular weight is 583 g/mol. The van der Waals surface area contributed by atoms with Gasteiger partial charge in [-0.3, -0.25) is 14.0 Å². The maximum absolute atomic E-state index is 13.2. The van der Waals surface area contributed by atoms with E-state index < -0.39 is 35.0 Å². The first-order valence-corrected chi connectivity index (χ1v) is 13.4. The van der Waals surface area contributed by atoms with E-state index in [9.17, 15) is 35.9 Å². The van der Waals surface area contributed by atoms with Crippen molar-refractivity contribution >= 4 is 35.3 Å². The van der Waals surface area contributed by atoms with Crippen molar-refractivity contribution < 1.29 is 35.9 Å².